The van der Waals surface area contributed by atoms with Gasteiger partial charge in [-0.3, -0.25) is 0 Å². The van der Waals surface area contributed by atoms with Gasteiger partial charge >= 0.3 is 0 Å². The van der Waals surface area contributed by atoms with Crippen LogP contribution >= 0.6 is 39.1 Å². The lowest BCUT2D eigenvalue weighted by Gasteiger charge is -1.93. The predicted octanol–water partition coefficient (Wildman–Crippen LogP) is 3.76. The number of benzene rings is 1. The van der Waals surface area contributed by atoms with Gasteiger partial charge in [-0.1, -0.05) is 39.1 Å². The van der Waals surface area contributed by atoms with Crippen molar-refractivity contribution in [2.75, 3.05) is 0 Å². The molecule has 0 aliphatic rings. The van der Waals surface area contributed by atoms with Crippen LogP contribution in [0.15, 0.2) is 22.6 Å². The van der Waals surface area contributed by atoms with E-state index in [1.54, 1.807) is 0 Å². The van der Waals surface area contributed by atoms with E-state index >= 15 is 0 Å². The van der Waals surface area contributed by atoms with Crippen molar-refractivity contribution in [3.63, 3.8) is 0 Å². The zero-order valence-electron chi connectivity index (χ0n) is 7.13. The van der Waals surface area contributed by atoms with Gasteiger partial charge in [0.05, 0.1) is 14.2 Å². The molecule has 48 valence electrons. The molecule has 0 saturated heterocycles. The molecular weight excluding hydrogens is 223 g/mol. The Kier molecular flexibility index (Phi) is 1.36. The molecule has 0 radical (unpaired) electrons. The molecule has 0 heterocycles. The Labute approximate surface area is 76.1 Å². The molecule has 0 nitrogen and oxygen atoms in total. The van der Waals surface area contributed by atoms with Crippen LogP contribution in [0.4, 0.5) is 0 Å². The van der Waals surface area contributed by atoms with Crippen molar-refractivity contribution < 1.29 is 4.11 Å². The number of halogens is 3. The van der Waals surface area contributed by atoms with Gasteiger partial charge < -0.3 is 0 Å². The van der Waals surface area contributed by atoms with Crippen LogP contribution < -0.4 is 0 Å². The van der Waals surface area contributed by atoms with Crippen molar-refractivity contribution in [2.45, 2.75) is 0 Å². The van der Waals surface area contributed by atoms with E-state index in [2.05, 4.69) is 15.9 Å². The third-order valence-electron chi connectivity index (χ3n) is 0.694. The molecule has 0 bridgehead atoms. The van der Waals surface area contributed by atoms with Crippen LogP contribution in [0, 0.1) is 0 Å². The first-order chi connectivity index (χ1) is 5.46. The second-order valence-electron chi connectivity index (χ2n) is 1.32. The molecule has 0 N–H and O–H groups in total. The molecule has 3 heteroatoms. The molecule has 0 aromatic heterocycles. The van der Waals surface area contributed by atoms with Gasteiger partial charge in [-0.05, 0) is 18.1 Å². The summed E-state index contributed by atoms with van der Waals surface area (Å²) in [6.07, 6.45) is 0. The smallest absolute Gasteiger partial charge is 0.0651 e. The second-order valence-corrected chi connectivity index (χ2v) is 2.87. The zero-order chi connectivity index (χ0) is 9.46. The molecule has 1 rings (SSSR count). The summed E-state index contributed by atoms with van der Waals surface area (Å²) in [6.45, 7) is 0. The van der Waals surface area contributed by atoms with Crippen molar-refractivity contribution in [2.24, 2.45) is 0 Å². The summed E-state index contributed by atoms with van der Waals surface area (Å²) in [5.41, 5.74) is 0. The maximum Gasteiger partial charge on any atom is 0.0651 e. The summed E-state index contributed by atoms with van der Waals surface area (Å²) >= 11 is 14.2. The van der Waals surface area contributed by atoms with Crippen molar-refractivity contribution in [3.8, 4) is 0 Å². The summed E-state index contributed by atoms with van der Waals surface area (Å²) in [5, 5.41) is -0.0422. The molecule has 9 heavy (non-hydrogen) atoms. The molecule has 0 amide bonds. The highest BCUT2D eigenvalue weighted by Crippen LogP contribution is 2.24. The minimum absolute atomic E-state index is 0.00421. The van der Waals surface area contributed by atoms with Gasteiger partial charge in [0, 0.05) is 4.47 Å². The van der Waals surface area contributed by atoms with Crippen LogP contribution in [0.2, 0.25) is 10.0 Å². The van der Waals surface area contributed by atoms with Gasteiger partial charge in [-0.2, -0.15) is 0 Å². The zero-order valence-corrected chi connectivity index (χ0v) is 7.23. The van der Waals surface area contributed by atoms with Crippen LogP contribution in [0.5, 0.6) is 0 Å². The Balaban J connectivity index is 3.60. The van der Waals surface area contributed by atoms with Crippen molar-refractivity contribution in [1.29, 1.82) is 0 Å². The van der Waals surface area contributed by atoms with E-state index in [9.17, 15) is 0 Å². The van der Waals surface area contributed by atoms with Gasteiger partial charge in [0.1, 0.15) is 0 Å². The molecule has 0 unspecified atom stereocenters. The lowest BCUT2D eigenvalue weighted by molar-refractivity contribution is 1.65. The summed E-state index contributed by atoms with van der Waals surface area (Å²) < 4.78 is 22.2. The quantitative estimate of drug-likeness (QED) is 0.594. The monoisotopic (exact) mass is 227 g/mol. The average molecular weight is 229 g/mol. The average Bonchev–Trinajstić information content (AvgIpc) is 2.08. The highest BCUT2D eigenvalue weighted by Gasteiger charge is 1.94. The molecule has 0 aliphatic carbocycles. The number of hydrogen-bond donors (Lipinski definition) is 0. The minimum Gasteiger partial charge on any atom is -0.0827 e. The van der Waals surface area contributed by atoms with E-state index < -0.39 is 0 Å². The van der Waals surface area contributed by atoms with Crippen LogP contribution in [0.3, 0.4) is 0 Å². The summed E-state index contributed by atoms with van der Waals surface area (Å²) in [7, 11) is 0. The Morgan fingerprint density at radius 3 is 2.67 bits per heavy atom. The van der Waals surface area contributed by atoms with Gasteiger partial charge in [-0.15, -0.1) is 0 Å². The molecule has 0 fully saturated rings. The summed E-state index contributed by atoms with van der Waals surface area (Å²) in [4.78, 5) is 0. The first-order valence-corrected chi connectivity index (χ1v) is 3.62. The van der Waals surface area contributed by atoms with E-state index in [-0.39, 0.29) is 32.6 Å². The molecule has 0 saturated carbocycles. The van der Waals surface area contributed by atoms with E-state index in [1.807, 2.05) is 0 Å². The fourth-order valence-electron chi connectivity index (χ4n) is 0.347. The lowest BCUT2D eigenvalue weighted by atomic mass is 10.4. The molecule has 0 atom stereocenters. The minimum atomic E-state index is -0.162. The highest BCUT2D eigenvalue weighted by atomic mass is 79.9. The number of rotatable bonds is 0. The SMILES string of the molecule is [2H]c1c([2H])c(Br)c([2H])c(Cl)c1Cl. The van der Waals surface area contributed by atoms with E-state index in [4.69, 9.17) is 27.3 Å². The third-order valence-corrected chi connectivity index (χ3v) is 1.75. The molecule has 0 spiro atoms. The van der Waals surface area contributed by atoms with E-state index in [0.29, 0.717) is 0 Å². The fraction of sp³-hybridized carbons (Fsp3) is 0. The Morgan fingerprint density at radius 2 is 2.00 bits per heavy atom. The number of hydrogen-bond acceptors (Lipinski definition) is 0. The standard InChI is InChI=1S/C6H3BrCl2/c7-4-1-2-5(8)6(9)3-4/h1-3H/i1D,2D,3D. The molecule has 1 aromatic rings. The van der Waals surface area contributed by atoms with Gasteiger partial charge in [0.2, 0.25) is 0 Å². The van der Waals surface area contributed by atoms with E-state index in [1.165, 1.54) is 0 Å². The van der Waals surface area contributed by atoms with Crippen LogP contribution in [-0.4, -0.2) is 0 Å². The highest BCUT2D eigenvalue weighted by molar-refractivity contribution is 9.10. The maximum atomic E-state index is 7.36. The first-order valence-electron chi connectivity index (χ1n) is 3.57. The van der Waals surface area contributed by atoms with E-state index in [0.717, 1.165) is 0 Å². The molecule has 0 aliphatic heterocycles. The summed E-state index contributed by atoms with van der Waals surface area (Å²) in [5.74, 6) is 0. The Bertz CT molecular complexity index is 235. The van der Waals surface area contributed by atoms with Crippen LogP contribution in [0.25, 0.3) is 0 Å². The van der Waals surface area contributed by atoms with Crippen LogP contribution in [0.1, 0.15) is 4.11 Å². The second kappa shape index (κ2) is 2.91. The molecular formula is C6H3BrCl2. The van der Waals surface area contributed by atoms with Gasteiger partial charge in [0.15, 0.2) is 0 Å². The van der Waals surface area contributed by atoms with Crippen molar-refractivity contribution in [1.82, 2.24) is 0 Å². The Hall–Kier alpha value is 0.280. The maximum absolute atomic E-state index is 7.36. The largest absolute Gasteiger partial charge is 0.0827 e. The van der Waals surface area contributed by atoms with Gasteiger partial charge in [0.25, 0.3) is 0 Å². The van der Waals surface area contributed by atoms with Crippen molar-refractivity contribution >= 4 is 39.1 Å². The first kappa shape index (κ1) is 4.22. The fourth-order valence-corrected chi connectivity index (χ4v) is 0.995. The lowest BCUT2D eigenvalue weighted by Crippen LogP contribution is -1.66. The predicted molar refractivity (Wildman–Crippen MR) is 44.2 cm³/mol. The molecule has 1 aromatic carbocycles. The Morgan fingerprint density at radius 1 is 1.33 bits per heavy atom. The van der Waals surface area contributed by atoms with Crippen LogP contribution in [-0.2, 0) is 0 Å². The summed E-state index contributed by atoms with van der Waals surface area (Å²) in [6, 6.07) is -0.332. The normalized spacial score (nSPS) is 14.3. The topological polar surface area (TPSA) is 0 Å². The third kappa shape index (κ3) is 1.85. The van der Waals surface area contributed by atoms with Crippen molar-refractivity contribution in [3.05, 3.63) is 32.6 Å². The van der Waals surface area contributed by atoms with Gasteiger partial charge in [-0.25, -0.2) is 0 Å².